The first-order chi connectivity index (χ1) is 13.3. The number of rotatable bonds is 0. The van der Waals surface area contributed by atoms with Crippen LogP contribution >= 0.6 is 0 Å². The molecule has 4 aromatic carbocycles. The van der Waals surface area contributed by atoms with Crippen LogP contribution in [0.5, 0.6) is 0 Å². The van der Waals surface area contributed by atoms with Crippen molar-refractivity contribution in [3.8, 4) is 0 Å². The SMILES string of the molecule is Cn1c2ccccc2c2c1ccc1c3cccc4c5ccccc5n(c43)c12. The van der Waals surface area contributed by atoms with Crippen LogP contribution in [0.4, 0.5) is 0 Å². The van der Waals surface area contributed by atoms with E-state index in [0.29, 0.717) is 0 Å². The van der Waals surface area contributed by atoms with E-state index in [1.54, 1.807) is 0 Å². The zero-order valence-electron chi connectivity index (χ0n) is 14.9. The molecular formula is C25H16N2. The molecule has 0 bridgehead atoms. The van der Waals surface area contributed by atoms with Crippen LogP contribution in [0, 0.1) is 0 Å². The summed E-state index contributed by atoms with van der Waals surface area (Å²) in [5.41, 5.74) is 6.53. The van der Waals surface area contributed by atoms with E-state index in [0.717, 1.165) is 0 Å². The lowest BCUT2D eigenvalue weighted by molar-refractivity contribution is 1.01. The van der Waals surface area contributed by atoms with Gasteiger partial charge in [-0.1, -0.05) is 60.7 Å². The van der Waals surface area contributed by atoms with Crippen LogP contribution in [0.15, 0.2) is 78.9 Å². The normalized spacial score (nSPS) is 12.6. The van der Waals surface area contributed by atoms with Crippen LogP contribution in [0.2, 0.25) is 0 Å². The first-order valence-electron chi connectivity index (χ1n) is 9.37. The molecule has 0 radical (unpaired) electrons. The van der Waals surface area contributed by atoms with E-state index in [1.165, 1.54) is 59.9 Å². The van der Waals surface area contributed by atoms with Crippen molar-refractivity contribution in [3.05, 3.63) is 78.9 Å². The molecule has 2 nitrogen and oxygen atoms in total. The smallest absolute Gasteiger partial charge is 0.0641 e. The third kappa shape index (κ3) is 1.42. The topological polar surface area (TPSA) is 9.34 Å². The quantitative estimate of drug-likeness (QED) is 0.298. The molecular weight excluding hydrogens is 328 g/mol. The minimum atomic E-state index is 1.28. The van der Waals surface area contributed by atoms with Crippen LogP contribution in [-0.4, -0.2) is 8.97 Å². The maximum absolute atomic E-state index is 2.49. The van der Waals surface area contributed by atoms with E-state index >= 15 is 0 Å². The molecule has 0 amide bonds. The molecule has 0 aliphatic rings. The Morgan fingerprint density at radius 3 is 1.96 bits per heavy atom. The summed E-state index contributed by atoms with van der Waals surface area (Å²) in [5.74, 6) is 0. The van der Waals surface area contributed by atoms with Crippen LogP contribution < -0.4 is 0 Å². The van der Waals surface area contributed by atoms with Gasteiger partial charge < -0.3 is 8.97 Å². The van der Waals surface area contributed by atoms with Crippen molar-refractivity contribution in [2.24, 2.45) is 7.05 Å². The Balaban J connectivity index is 1.95. The second kappa shape index (κ2) is 4.41. The fourth-order valence-corrected chi connectivity index (χ4v) is 5.15. The van der Waals surface area contributed by atoms with E-state index in [4.69, 9.17) is 0 Å². The van der Waals surface area contributed by atoms with Gasteiger partial charge in [-0.15, -0.1) is 0 Å². The number of aromatic nitrogens is 2. The van der Waals surface area contributed by atoms with Crippen LogP contribution in [0.1, 0.15) is 0 Å². The third-order valence-corrected chi connectivity index (χ3v) is 6.26. The Hall–Kier alpha value is -3.52. The molecule has 126 valence electrons. The largest absolute Gasteiger partial charge is 0.344 e. The zero-order valence-corrected chi connectivity index (χ0v) is 14.9. The maximum Gasteiger partial charge on any atom is 0.0641 e. The number of nitrogens with zero attached hydrogens (tertiary/aromatic N) is 2. The second-order valence-corrected chi connectivity index (χ2v) is 7.49. The molecule has 0 unspecified atom stereocenters. The number of benzene rings is 4. The first-order valence-corrected chi connectivity index (χ1v) is 9.37. The number of hydrogen-bond acceptors (Lipinski definition) is 0. The maximum atomic E-state index is 2.49. The Bertz CT molecular complexity index is 1680. The van der Waals surface area contributed by atoms with Gasteiger partial charge in [0.1, 0.15) is 0 Å². The number of para-hydroxylation sites is 3. The highest BCUT2D eigenvalue weighted by molar-refractivity contribution is 6.30. The lowest BCUT2D eigenvalue weighted by atomic mass is 10.1. The van der Waals surface area contributed by atoms with Gasteiger partial charge in [-0.2, -0.15) is 0 Å². The predicted molar refractivity (Wildman–Crippen MR) is 115 cm³/mol. The fourth-order valence-electron chi connectivity index (χ4n) is 5.15. The summed E-state index contributed by atoms with van der Waals surface area (Å²) >= 11 is 0. The minimum Gasteiger partial charge on any atom is -0.344 e. The average Bonchev–Trinajstić information content (AvgIpc) is 3.34. The summed E-state index contributed by atoms with van der Waals surface area (Å²) < 4.78 is 4.81. The molecule has 0 spiro atoms. The van der Waals surface area contributed by atoms with Crippen LogP contribution in [0.25, 0.3) is 59.9 Å². The van der Waals surface area contributed by atoms with E-state index < -0.39 is 0 Å². The van der Waals surface area contributed by atoms with Crippen molar-refractivity contribution in [1.82, 2.24) is 8.97 Å². The molecule has 0 fully saturated rings. The van der Waals surface area contributed by atoms with Crippen molar-refractivity contribution in [1.29, 1.82) is 0 Å². The Morgan fingerprint density at radius 2 is 1.11 bits per heavy atom. The lowest BCUT2D eigenvalue weighted by Crippen LogP contribution is -1.86. The molecule has 0 N–H and O–H groups in total. The Labute approximate surface area is 155 Å². The molecule has 3 heterocycles. The van der Waals surface area contributed by atoms with Crippen molar-refractivity contribution in [3.63, 3.8) is 0 Å². The fraction of sp³-hybridized carbons (Fsp3) is 0.0400. The van der Waals surface area contributed by atoms with Gasteiger partial charge in [-0.25, -0.2) is 0 Å². The summed E-state index contributed by atoms with van der Waals surface area (Å²) in [4.78, 5) is 0. The minimum absolute atomic E-state index is 1.28. The van der Waals surface area contributed by atoms with Gasteiger partial charge in [0.15, 0.2) is 0 Å². The second-order valence-electron chi connectivity index (χ2n) is 7.49. The summed E-state index contributed by atoms with van der Waals surface area (Å²) in [6.45, 7) is 0. The van der Waals surface area contributed by atoms with Gasteiger partial charge in [-0.3, -0.25) is 0 Å². The Kier molecular flexibility index (Phi) is 2.23. The average molecular weight is 344 g/mol. The standard InChI is InChI=1S/C25H16N2/c1-26-20-11-4-3-8-19(20)23-22(26)14-13-18-17-10-6-9-16-15-7-2-5-12-21(15)27(24(16)17)25(18)23/h2-14H,1H3. The molecule has 0 aliphatic carbocycles. The van der Waals surface area contributed by atoms with Gasteiger partial charge in [0.05, 0.1) is 22.1 Å². The summed E-state index contributed by atoms with van der Waals surface area (Å²) in [7, 11) is 2.17. The predicted octanol–water partition coefficient (Wildman–Crippen LogP) is 6.48. The van der Waals surface area contributed by atoms with Crippen molar-refractivity contribution >= 4 is 59.9 Å². The highest BCUT2D eigenvalue weighted by Gasteiger charge is 2.20. The van der Waals surface area contributed by atoms with Crippen LogP contribution in [0.3, 0.4) is 0 Å². The first kappa shape index (κ1) is 13.7. The Morgan fingerprint density at radius 1 is 0.481 bits per heavy atom. The summed E-state index contributed by atoms with van der Waals surface area (Å²) in [5, 5.41) is 8.03. The van der Waals surface area contributed by atoms with Gasteiger partial charge >= 0.3 is 0 Å². The molecule has 27 heavy (non-hydrogen) atoms. The molecule has 7 aromatic rings. The number of aryl methyl sites for hydroxylation is 1. The molecule has 2 heteroatoms. The van der Waals surface area contributed by atoms with Crippen molar-refractivity contribution in [2.45, 2.75) is 0 Å². The number of hydrogen-bond donors (Lipinski definition) is 0. The monoisotopic (exact) mass is 344 g/mol. The van der Waals surface area contributed by atoms with E-state index in [-0.39, 0.29) is 0 Å². The summed E-state index contributed by atoms with van der Waals surface area (Å²) in [6.07, 6.45) is 0. The van der Waals surface area contributed by atoms with Gasteiger partial charge in [-0.05, 0) is 18.2 Å². The van der Waals surface area contributed by atoms with E-state index in [9.17, 15) is 0 Å². The van der Waals surface area contributed by atoms with Gasteiger partial charge in [0.25, 0.3) is 0 Å². The highest BCUT2D eigenvalue weighted by atomic mass is 15.0. The van der Waals surface area contributed by atoms with Crippen molar-refractivity contribution < 1.29 is 0 Å². The lowest BCUT2D eigenvalue weighted by Gasteiger charge is -2.01. The third-order valence-electron chi connectivity index (χ3n) is 6.26. The van der Waals surface area contributed by atoms with Crippen LogP contribution in [-0.2, 0) is 7.05 Å². The van der Waals surface area contributed by atoms with Gasteiger partial charge in [0, 0.05) is 44.9 Å². The van der Waals surface area contributed by atoms with E-state index in [2.05, 4.69) is 94.9 Å². The molecule has 7 rings (SSSR count). The molecule has 0 saturated heterocycles. The highest BCUT2D eigenvalue weighted by Crippen LogP contribution is 2.43. The molecule has 0 atom stereocenters. The van der Waals surface area contributed by atoms with E-state index in [1.807, 2.05) is 0 Å². The molecule has 3 aromatic heterocycles. The van der Waals surface area contributed by atoms with Crippen molar-refractivity contribution in [2.75, 3.05) is 0 Å². The summed E-state index contributed by atoms with van der Waals surface area (Å²) in [6, 6.07) is 28.8. The molecule has 0 saturated carbocycles. The number of fused-ring (bicyclic) bond motifs is 10. The molecule has 0 aliphatic heterocycles. The van der Waals surface area contributed by atoms with Gasteiger partial charge in [0.2, 0.25) is 0 Å². The zero-order chi connectivity index (χ0) is 17.7.